The van der Waals surface area contributed by atoms with Gasteiger partial charge >= 0.3 is 0 Å². The Morgan fingerprint density at radius 2 is 1.74 bits per heavy atom. The number of carbonyl (C=O) groups excluding carboxylic acids is 2. The molecule has 0 fully saturated rings. The lowest BCUT2D eigenvalue weighted by atomic mass is 10.0. The first-order chi connectivity index (χ1) is 16.5. The molecule has 1 atom stereocenters. The number of imidazole rings is 1. The van der Waals surface area contributed by atoms with Gasteiger partial charge in [-0.25, -0.2) is 4.98 Å². The second kappa shape index (κ2) is 9.14. The lowest BCUT2D eigenvalue weighted by Gasteiger charge is -2.30. The second-order valence-corrected chi connectivity index (χ2v) is 8.88. The SMILES string of the molecule is Cc1ccc(C(=O)NC(C)c2nc3ccccc3n2CC(=O)N2CCCc3ccccc32)cc1. The van der Waals surface area contributed by atoms with Crippen molar-refractivity contribution in [2.24, 2.45) is 0 Å². The van der Waals surface area contributed by atoms with Crippen LogP contribution in [0, 0.1) is 6.92 Å². The van der Waals surface area contributed by atoms with Crippen LogP contribution in [0.1, 0.15) is 46.7 Å². The number of carbonyl (C=O) groups is 2. The summed E-state index contributed by atoms with van der Waals surface area (Å²) in [7, 11) is 0. The number of aryl methyl sites for hydroxylation is 2. The molecule has 0 saturated carbocycles. The predicted molar refractivity (Wildman–Crippen MR) is 134 cm³/mol. The average molecular weight is 453 g/mol. The molecule has 6 nitrogen and oxygen atoms in total. The number of amides is 2. The van der Waals surface area contributed by atoms with Gasteiger partial charge in [-0.3, -0.25) is 9.59 Å². The van der Waals surface area contributed by atoms with Gasteiger partial charge in [-0.2, -0.15) is 0 Å². The summed E-state index contributed by atoms with van der Waals surface area (Å²) in [5.74, 6) is 0.524. The quantitative estimate of drug-likeness (QED) is 0.472. The number of rotatable bonds is 5. The highest BCUT2D eigenvalue weighted by atomic mass is 16.2. The molecule has 1 aliphatic rings. The molecule has 0 radical (unpaired) electrons. The number of aromatic nitrogens is 2. The zero-order valence-electron chi connectivity index (χ0n) is 19.5. The van der Waals surface area contributed by atoms with Crippen molar-refractivity contribution in [2.45, 2.75) is 39.3 Å². The van der Waals surface area contributed by atoms with E-state index in [0.29, 0.717) is 17.9 Å². The van der Waals surface area contributed by atoms with Gasteiger partial charge in [0.05, 0.1) is 17.1 Å². The summed E-state index contributed by atoms with van der Waals surface area (Å²) >= 11 is 0. The van der Waals surface area contributed by atoms with Gasteiger partial charge in [-0.05, 0) is 62.6 Å². The molecular formula is C28H28N4O2. The van der Waals surface area contributed by atoms with Crippen LogP contribution in [-0.2, 0) is 17.8 Å². The zero-order valence-corrected chi connectivity index (χ0v) is 19.5. The Balaban J connectivity index is 1.44. The fourth-order valence-electron chi connectivity index (χ4n) is 4.65. The molecule has 1 aromatic heterocycles. The number of nitrogens with zero attached hydrogens (tertiary/aromatic N) is 3. The average Bonchev–Trinajstić information content (AvgIpc) is 3.22. The van der Waals surface area contributed by atoms with Crippen molar-refractivity contribution in [3.8, 4) is 0 Å². The number of nitrogens with one attached hydrogen (secondary N) is 1. The van der Waals surface area contributed by atoms with E-state index >= 15 is 0 Å². The van der Waals surface area contributed by atoms with Crippen LogP contribution in [0.15, 0.2) is 72.8 Å². The van der Waals surface area contributed by atoms with Crippen molar-refractivity contribution in [2.75, 3.05) is 11.4 Å². The molecular weight excluding hydrogens is 424 g/mol. The minimum Gasteiger partial charge on any atom is -0.342 e. The second-order valence-electron chi connectivity index (χ2n) is 8.88. The van der Waals surface area contributed by atoms with Gasteiger partial charge in [0.2, 0.25) is 5.91 Å². The number of anilines is 1. The van der Waals surface area contributed by atoms with Crippen LogP contribution in [0.3, 0.4) is 0 Å². The third-order valence-electron chi connectivity index (χ3n) is 6.44. The molecule has 1 aliphatic heterocycles. The van der Waals surface area contributed by atoms with Crippen molar-refractivity contribution in [1.82, 2.24) is 14.9 Å². The zero-order chi connectivity index (χ0) is 23.7. The molecule has 1 N–H and O–H groups in total. The maximum atomic E-state index is 13.5. The Labute approximate surface area is 199 Å². The van der Waals surface area contributed by atoms with E-state index in [1.807, 2.05) is 90.0 Å². The topological polar surface area (TPSA) is 67.2 Å². The highest BCUT2D eigenvalue weighted by Gasteiger charge is 2.25. The number of benzene rings is 3. The van der Waals surface area contributed by atoms with Crippen molar-refractivity contribution >= 4 is 28.5 Å². The monoisotopic (exact) mass is 452 g/mol. The van der Waals surface area contributed by atoms with Crippen LogP contribution in [0.25, 0.3) is 11.0 Å². The Morgan fingerprint density at radius 3 is 2.56 bits per heavy atom. The number of hydrogen-bond acceptors (Lipinski definition) is 3. The normalized spacial score (nSPS) is 14.0. The van der Waals surface area contributed by atoms with Crippen molar-refractivity contribution < 1.29 is 9.59 Å². The first kappa shape index (κ1) is 21.9. The summed E-state index contributed by atoms with van der Waals surface area (Å²) in [4.78, 5) is 33.0. The van der Waals surface area contributed by atoms with E-state index in [0.717, 1.165) is 35.1 Å². The molecule has 34 heavy (non-hydrogen) atoms. The van der Waals surface area contributed by atoms with E-state index in [1.165, 1.54) is 5.56 Å². The van der Waals surface area contributed by atoms with Crippen LogP contribution in [0.2, 0.25) is 0 Å². The van der Waals surface area contributed by atoms with Gasteiger partial charge in [0.25, 0.3) is 5.91 Å². The smallest absolute Gasteiger partial charge is 0.251 e. The third-order valence-corrected chi connectivity index (χ3v) is 6.44. The summed E-state index contributed by atoms with van der Waals surface area (Å²) in [5.41, 5.74) is 5.58. The first-order valence-electron chi connectivity index (χ1n) is 11.7. The van der Waals surface area contributed by atoms with Gasteiger partial charge in [-0.1, -0.05) is 48.0 Å². The third kappa shape index (κ3) is 4.19. The number of hydrogen-bond donors (Lipinski definition) is 1. The molecule has 3 aromatic carbocycles. The molecule has 172 valence electrons. The molecule has 5 rings (SSSR count). The molecule has 6 heteroatoms. The summed E-state index contributed by atoms with van der Waals surface area (Å²) in [6, 6.07) is 23.0. The highest BCUT2D eigenvalue weighted by molar-refractivity contribution is 5.96. The van der Waals surface area contributed by atoms with Gasteiger partial charge in [0.15, 0.2) is 0 Å². The van der Waals surface area contributed by atoms with E-state index in [4.69, 9.17) is 4.98 Å². The lowest BCUT2D eigenvalue weighted by molar-refractivity contribution is -0.119. The van der Waals surface area contributed by atoms with Gasteiger partial charge < -0.3 is 14.8 Å². The summed E-state index contributed by atoms with van der Waals surface area (Å²) in [5, 5.41) is 3.05. The van der Waals surface area contributed by atoms with E-state index in [1.54, 1.807) is 0 Å². The standard InChI is InChI=1S/C28H28N4O2/c1-19-13-15-22(16-14-19)28(34)29-20(2)27-30-23-10-4-6-12-25(23)32(27)18-26(33)31-17-7-9-21-8-3-5-11-24(21)31/h3-6,8,10-16,20H,7,9,17-18H2,1-2H3,(H,29,34). The molecule has 2 amide bonds. The summed E-state index contributed by atoms with van der Waals surface area (Å²) in [6.45, 7) is 4.77. The number of fused-ring (bicyclic) bond motifs is 2. The highest BCUT2D eigenvalue weighted by Crippen LogP contribution is 2.28. The van der Waals surface area contributed by atoms with Crippen LogP contribution in [-0.4, -0.2) is 27.9 Å². The molecule has 0 spiro atoms. The Kier molecular flexibility index (Phi) is 5.88. The van der Waals surface area contributed by atoms with Gasteiger partial charge in [0, 0.05) is 17.8 Å². The molecule has 0 bridgehead atoms. The minimum absolute atomic E-state index is 0.0219. The molecule has 0 aliphatic carbocycles. The fourth-order valence-corrected chi connectivity index (χ4v) is 4.65. The Hall–Kier alpha value is -3.93. The first-order valence-corrected chi connectivity index (χ1v) is 11.7. The Bertz CT molecular complexity index is 1360. The molecule has 4 aromatic rings. The van der Waals surface area contributed by atoms with Crippen LogP contribution >= 0.6 is 0 Å². The van der Waals surface area contributed by atoms with Crippen molar-refractivity contribution in [3.05, 3.63) is 95.3 Å². The number of para-hydroxylation sites is 3. The van der Waals surface area contributed by atoms with E-state index in [-0.39, 0.29) is 24.4 Å². The lowest BCUT2D eigenvalue weighted by Crippen LogP contribution is -2.38. The van der Waals surface area contributed by atoms with Crippen molar-refractivity contribution in [1.29, 1.82) is 0 Å². The van der Waals surface area contributed by atoms with E-state index in [2.05, 4.69) is 11.4 Å². The van der Waals surface area contributed by atoms with E-state index in [9.17, 15) is 9.59 Å². The molecule has 0 saturated heterocycles. The molecule has 2 heterocycles. The van der Waals surface area contributed by atoms with Gasteiger partial charge in [0.1, 0.15) is 12.4 Å². The summed E-state index contributed by atoms with van der Waals surface area (Å²) in [6.07, 6.45) is 1.94. The van der Waals surface area contributed by atoms with Gasteiger partial charge in [-0.15, -0.1) is 0 Å². The Morgan fingerprint density at radius 1 is 1.00 bits per heavy atom. The summed E-state index contributed by atoms with van der Waals surface area (Å²) < 4.78 is 1.94. The van der Waals surface area contributed by atoms with E-state index < -0.39 is 0 Å². The fraction of sp³-hybridized carbons (Fsp3) is 0.250. The van der Waals surface area contributed by atoms with Crippen LogP contribution in [0.5, 0.6) is 0 Å². The maximum Gasteiger partial charge on any atom is 0.251 e. The predicted octanol–water partition coefficient (Wildman–Crippen LogP) is 4.82. The largest absolute Gasteiger partial charge is 0.342 e. The minimum atomic E-state index is -0.373. The van der Waals surface area contributed by atoms with Crippen LogP contribution in [0.4, 0.5) is 5.69 Å². The van der Waals surface area contributed by atoms with Crippen molar-refractivity contribution in [3.63, 3.8) is 0 Å². The van der Waals surface area contributed by atoms with Crippen LogP contribution < -0.4 is 10.2 Å². The maximum absolute atomic E-state index is 13.5. The molecule has 1 unspecified atom stereocenters.